The summed E-state index contributed by atoms with van der Waals surface area (Å²) in [4.78, 5) is 16.4. The number of amides is 1. The smallest absolute Gasteiger partial charge is 0.227 e. The van der Waals surface area contributed by atoms with E-state index in [9.17, 15) is 4.79 Å². The zero-order valence-electron chi connectivity index (χ0n) is 13.5. The molecule has 0 spiro atoms. The van der Waals surface area contributed by atoms with E-state index in [1.807, 2.05) is 27.7 Å². The first-order valence-corrected chi connectivity index (χ1v) is 7.27. The number of nitrogens with zero attached hydrogens (tertiary/aromatic N) is 1. The van der Waals surface area contributed by atoms with Crippen molar-refractivity contribution in [3.8, 4) is 0 Å². The van der Waals surface area contributed by atoms with Crippen molar-refractivity contribution in [1.82, 2.24) is 16.0 Å². The molecule has 3 N–H and O–H groups in total. The second kappa shape index (κ2) is 10.5. The first kappa shape index (κ1) is 18.7. The molecule has 0 aromatic carbocycles. The van der Waals surface area contributed by atoms with Crippen molar-refractivity contribution < 1.29 is 9.53 Å². The number of methoxy groups -OCH3 is 1. The van der Waals surface area contributed by atoms with Gasteiger partial charge in [-0.25, -0.2) is 0 Å². The lowest BCUT2D eigenvalue weighted by Crippen LogP contribution is -2.42. The van der Waals surface area contributed by atoms with Gasteiger partial charge < -0.3 is 20.7 Å². The molecule has 0 rings (SSSR count). The van der Waals surface area contributed by atoms with E-state index in [0.29, 0.717) is 13.1 Å². The van der Waals surface area contributed by atoms with Crippen molar-refractivity contribution in [2.75, 3.05) is 39.9 Å². The molecule has 0 radical (unpaired) electrons. The first-order valence-electron chi connectivity index (χ1n) is 7.27. The molecule has 6 nitrogen and oxygen atoms in total. The topological polar surface area (TPSA) is 74.8 Å². The van der Waals surface area contributed by atoms with Gasteiger partial charge in [0, 0.05) is 33.4 Å². The molecule has 0 aromatic heterocycles. The lowest BCUT2D eigenvalue weighted by Gasteiger charge is -2.22. The lowest BCUT2D eigenvalue weighted by atomic mass is 9.92. The molecule has 0 atom stereocenters. The maximum absolute atomic E-state index is 11.9. The van der Waals surface area contributed by atoms with Crippen LogP contribution in [0.25, 0.3) is 0 Å². The fourth-order valence-electron chi connectivity index (χ4n) is 1.51. The van der Waals surface area contributed by atoms with Crippen molar-refractivity contribution in [2.45, 2.75) is 34.1 Å². The van der Waals surface area contributed by atoms with Gasteiger partial charge in [0.15, 0.2) is 5.96 Å². The van der Waals surface area contributed by atoms with Gasteiger partial charge in [-0.1, -0.05) is 0 Å². The third-order valence-corrected chi connectivity index (χ3v) is 2.75. The van der Waals surface area contributed by atoms with Crippen LogP contribution in [0.2, 0.25) is 0 Å². The number of nitrogens with one attached hydrogen (secondary N) is 3. The third kappa shape index (κ3) is 7.99. The molecule has 0 bridgehead atoms. The van der Waals surface area contributed by atoms with Gasteiger partial charge in [-0.2, -0.15) is 0 Å². The quantitative estimate of drug-likeness (QED) is 0.332. The Morgan fingerprint density at radius 1 is 1.15 bits per heavy atom. The standard InChI is InChI=1S/C14H30N4O2/c1-6-15-12(19)14(3,4)11-18-13(16-7-2)17-9-8-10-20-5/h6-11H2,1-5H3,(H,15,19)(H2,16,17,18). The Morgan fingerprint density at radius 2 is 1.80 bits per heavy atom. The molecule has 0 heterocycles. The van der Waals surface area contributed by atoms with Crippen LogP contribution in [0.4, 0.5) is 0 Å². The molecule has 1 amide bonds. The minimum Gasteiger partial charge on any atom is -0.385 e. The number of carbonyl (C=O) groups is 1. The molecule has 0 unspecified atom stereocenters. The van der Waals surface area contributed by atoms with E-state index in [1.165, 1.54) is 0 Å². The molecule has 0 aliphatic carbocycles. The normalized spacial score (nSPS) is 12.2. The number of hydrogen-bond donors (Lipinski definition) is 3. The molecule has 0 aromatic rings. The summed E-state index contributed by atoms with van der Waals surface area (Å²) < 4.78 is 5.00. The molecule has 0 fully saturated rings. The van der Waals surface area contributed by atoms with E-state index in [0.717, 1.165) is 32.1 Å². The van der Waals surface area contributed by atoms with Crippen molar-refractivity contribution in [3.63, 3.8) is 0 Å². The van der Waals surface area contributed by atoms with E-state index in [-0.39, 0.29) is 5.91 Å². The largest absolute Gasteiger partial charge is 0.385 e. The highest BCUT2D eigenvalue weighted by Gasteiger charge is 2.26. The fourth-order valence-corrected chi connectivity index (χ4v) is 1.51. The van der Waals surface area contributed by atoms with Crippen LogP contribution in [-0.2, 0) is 9.53 Å². The summed E-state index contributed by atoms with van der Waals surface area (Å²) in [5, 5.41) is 9.23. The predicted molar refractivity (Wildman–Crippen MR) is 82.9 cm³/mol. The van der Waals surface area contributed by atoms with Crippen molar-refractivity contribution in [2.24, 2.45) is 10.4 Å². The molecule has 20 heavy (non-hydrogen) atoms. The van der Waals surface area contributed by atoms with Crippen LogP contribution < -0.4 is 16.0 Å². The fraction of sp³-hybridized carbons (Fsp3) is 0.857. The molecule has 0 aliphatic heterocycles. The van der Waals surface area contributed by atoms with Crippen LogP contribution in [-0.4, -0.2) is 51.8 Å². The summed E-state index contributed by atoms with van der Waals surface area (Å²) in [6.07, 6.45) is 0.917. The summed E-state index contributed by atoms with van der Waals surface area (Å²) >= 11 is 0. The number of ether oxygens (including phenoxy) is 1. The van der Waals surface area contributed by atoms with Crippen LogP contribution in [0.3, 0.4) is 0 Å². The third-order valence-electron chi connectivity index (χ3n) is 2.75. The SMILES string of the molecule is CCNC(=O)C(C)(C)CN=C(NCC)NCCCOC. The zero-order valence-corrected chi connectivity index (χ0v) is 13.5. The van der Waals surface area contributed by atoms with Crippen LogP contribution in [0.15, 0.2) is 4.99 Å². The molecular formula is C14H30N4O2. The summed E-state index contributed by atoms with van der Waals surface area (Å²) in [5.41, 5.74) is -0.509. The second-order valence-electron chi connectivity index (χ2n) is 5.21. The number of guanidine groups is 1. The lowest BCUT2D eigenvalue weighted by molar-refractivity contribution is -0.128. The molecule has 0 saturated carbocycles. The van der Waals surface area contributed by atoms with Gasteiger partial charge in [-0.3, -0.25) is 9.79 Å². The summed E-state index contributed by atoms with van der Waals surface area (Å²) in [7, 11) is 1.69. The molecular weight excluding hydrogens is 256 g/mol. The summed E-state index contributed by atoms with van der Waals surface area (Å²) in [6, 6.07) is 0. The monoisotopic (exact) mass is 286 g/mol. The van der Waals surface area contributed by atoms with Crippen LogP contribution >= 0.6 is 0 Å². The van der Waals surface area contributed by atoms with Crippen LogP contribution in [0.1, 0.15) is 34.1 Å². The summed E-state index contributed by atoms with van der Waals surface area (Å²) in [6.45, 7) is 11.1. The number of carbonyl (C=O) groups excluding carboxylic acids is 1. The average molecular weight is 286 g/mol. The highest BCUT2D eigenvalue weighted by Crippen LogP contribution is 2.15. The Bertz CT molecular complexity index is 304. The highest BCUT2D eigenvalue weighted by atomic mass is 16.5. The summed E-state index contributed by atoms with van der Waals surface area (Å²) in [5.74, 6) is 0.764. The maximum atomic E-state index is 11.9. The van der Waals surface area contributed by atoms with Crippen LogP contribution in [0.5, 0.6) is 0 Å². The average Bonchev–Trinajstić information content (AvgIpc) is 2.41. The minimum absolute atomic E-state index is 0.0268. The van der Waals surface area contributed by atoms with Gasteiger partial charge in [0.25, 0.3) is 0 Å². The van der Waals surface area contributed by atoms with Crippen molar-refractivity contribution in [1.29, 1.82) is 0 Å². The van der Waals surface area contributed by atoms with E-state index in [4.69, 9.17) is 4.74 Å². The van der Waals surface area contributed by atoms with E-state index in [1.54, 1.807) is 7.11 Å². The van der Waals surface area contributed by atoms with Crippen molar-refractivity contribution >= 4 is 11.9 Å². The number of rotatable bonds is 9. The van der Waals surface area contributed by atoms with Gasteiger partial charge in [0.05, 0.1) is 12.0 Å². The van der Waals surface area contributed by atoms with E-state index >= 15 is 0 Å². The Kier molecular flexibility index (Phi) is 9.80. The Balaban J connectivity index is 4.40. The maximum Gasteiger partial charge on any atom is 0.227 e. The molecule has 6 heteroatoms. The molecule has 118 valence electrons. The van der Waals surface area contributed by atoms with E-state index in [2.05, 4.69) is 20.9 Å². The first-order chi connectivity index (χ1) is 9.47. The number of aliphatic imine (C=N–C) groups is 1. The molecule has 0 aliphatic rings. The Labute approximate surface area is 122 Å². The minimum atomic E-state index is -0.509. The molecule has 0 saturated heterocycles. The van der Waals surface area contributed by atoms with Gasteiger partial charge in [-0.05, 0) is 34.1 Å². The van der Waals surface area contributed by atoms with Crippen LogP contribution in [0, 0.1) is 5.41 Å². The van der Waals surface area contributed by atoms with Gasteiger partial charge >= 0.3 is 0 Å². The zero-order chi connectivity index (χ0) is 15.4. The second-order valence-corrected chi connectivity index (χ2v) is 5.21. The number of hydrogen-bond acceptors (Lipinski definition) is 3. The Morgan fingerprint density at radius 3 is 2.35 bits per heavy atom. The van der Waals surface area contributed by atoms with Crippen molar-refractivity contribution in [3.05, 3.63) is 0 Å². The van der Waals surface area contributed by atoms with Gasteiger partial charge in [-0.15, -0.1) is 0 Å². The predicted octanol–water partition coefficient (Wildman–Crippen LogP) is 0.740. The highest BCUT2D eigenvalue weighted by molar-refractivity contribution is 5.83. The Hall–Kier alpha value is -1.30. The van der Waals surface area contributed by atoms with E-state index < -0.39 is 5.41 Å². The van der Waals surface area contributed by atoms with Gasteiger partial charge in [0.2, 0.25) is 5.91 Å². The van der Waals surface area contributed by atoms with Gasteiger partial charge in [0.1, 0.15) is 0 Å².